The molecule has 90 valence electrons. The van der Waals surface area contributed by atoms with Gasteiger partial charge in [-0.2, -0.15) is 0 Å². The van der Waals surface area contributed by atoms with E-state index < -0.39 is 0 Å². The van der Waals surface area contributed by atoms with Crippen LogP contribution in [0.25, 0.3) is 0 Å². The summed E-state index contributed by atoms with van der Waals surface area (Å²) >= 11 is 7.99. The van der Waals surface area contributed by atoms with Gasteiger partial charge in [-0.25, -0.2) is 0 Å². The Labute approximate surface area is 107 Å². The Morgan fingerprint density at radius 3 is 2.94 bits per heavy atom. The fraction of sp³-hybridized carbons (Fsp3) is 0.692. The quantitative estimate of drug-likeness (QED) is 0.853. The first kappa shape index (κ1) is 12.4. The highest BCUT2D eigenvalue weighted by molar-refractivity contribution is 7.10. The summed E-state index contributed by atoms with van der Waals surface area (Å²) in [5, 5.41) is 3.00. The molecule has 2 rings (SSSR count). The van der Waals surface area contributed by atoms with Crippen LogP contribution in [0.2, 0.25) is 5.02 Å². The fourth-order valence-corrected chi connectivity index (χ4v) is 4.21. The van der Waals surface area contributed by atoms with Crippen molar-refractivity contribution in [1.29, 1.82) is 0 Å². The van der Waals surface area contributed by atoms with E-state index in [4.69, 9.17) is 17.3 Å². The van der Waals surface area contributed by atoms with Crippen molar-refractivity contribution in [3.05, 3.63) is 21.3 Å². The maximum atomic E-state index is 6.25. The van der Waals surface area contributed by atoms with Gasteiger partial charge >= 0.3 is 0 Å². The predicted molar refractivity (Wildman–Crippen MR) is 72.3 cm³/mol. The van der Waals surface area contributed by atoms with Crippen molar-refractivity contribution in [2.75, 3.05) is 0 Å². The van der Waals surface area contributed by atoms with Crippen molar-refractivity contribution in [2.24, 2.45) is 11.7 Å². The second-order valence-corrected chi connectivity index (χ2v) is 6.23. The predicted octanol–water partition coefficient (Wildman–Crippen LogP) is 4.41. The van der Waals surface area contributed by atoms with Crippen LogP contribution in [0.3, 0.4) is 0 Å². The number of rotatable bonds is 3. The first-order chi connectivity index (χ1) is 7.72. The summed E-state index contributed by atoms with van der Waals surface area (Å²) in [6.45, 7) is 2.27. The van der Waals surface area contributed by atoms with E-state index >= 15 is 0 Å². The lowest BCUT2D eigenvalue weighted by molar-refractivity contribution is 0.276. The highest BCUT2D eigenvalue weighted by atomic mass is 35.5. The topological polar surface area (TPSA) is 26.0 Å². The van der Waals surface area contributed by atoms with Crippen molar-refractivity contribution >= 4 is 22.9 Å². The van der Waals surface area contributed by atoms with E-state index in [-0.39, 0.29) is 0 Å². The highest BCUT2D eigenvalue weighted by Gasteiger charge is 2.30. The van der Waals surface area contributed by atoms with E-state index in [2.05, 4.69) is 12.3 Å². The van der Waals surface area contributed by atoms with Crippen molar-refractivity contribution < 1.29 is 0 Å². The smallest absolute Gasteiger partial charge is 0.0548 e. The second kappa shape index (κ2) is 5.52. The van der Waals surface area contributed by atoms with Gasteiger partial charge in [0, 0.05) is 16.8 Å². The molecule has 3 atom stereocenters. The van der Waals surface area contributed by atoms with Crippen molar-refractivity contribution in [2.45, 2.75) is 51.0 Å². The average molecular weight is 258 g/mol. The molecular weight excluding hydrogens is 238 g/mol. The van der Waals surface area contributed by atoms with Crippen LogP contribution in [0.15, 0.2) is 11.4 Å². The van der Waals surface area contributed by atoms with E-state index in [0.29, 0.717) is 12.0 Å². The molecule has 1 aromatic rings. The van der Waals surface area contributed by atoms with Crippen LogP contribution < -0.4 is 5.73 Å². The summed E-state index contributed by atoms with van der Waals surface area (Å²) in [5.74, 6) is 1.35. The van der Waals surface area contributed by atoms with Gasteiger partial charge in [-0.1, -0.05) is 31.4 Å². The normalized spacial score (nSPS) is 30.6. The molecule has 0 aliphatic heterocycles. The lowest BCUT2D eigenvalue weighted by Gasteiger charge is -2.33. The lowest BCUT2D eigenvalue weighted by Crippen LogP contribution is -2.34. The van der Waals surface area contributed by atoms with Crippen LogP contribution in [-0.2, 0) is 0 Å². The minimum atomic E-state index is 0.309. The summed E-state index contributed by atoms with van der Waals surface area (Å²) in [7, 11) is 0. The van der Waals surface area contributed by atoms with Crippen LogP contribution in [-0.4, -0.2) is 6.04 Å². The van der Waals surface area contributed by atoms with Crippen LogP contribution in [0, 0.1) is 5.92 Å². The number of thiophene rings is 1. The Morgan fingerprint density at radius 2 is 2.31 bits per heavy atom. The third kappa shape index (κ3) is 2.61. The molecule has 1 heterocycles. The van der Waals surface area contributed by atoms with Gasteiger partial charge in [0.25, 0.3) is 0 Å². The van der Waals surface area contributed by atoms with E-state index in [1.807, 2.05) is 6.07 Å². The Bertz CT molecular complexity index is 336. The average Bonchev–Trinajstić information content (AvgIpc) is 2.68. The standard InChI is InChI=1S/C13H20ClNS/c1-2-3-9-4-5-12(15)10(8-9)13-11(14)6-7-16-13/h6-7,9-10,12H,2-5,8,15H2,1H3. The zero-order valence-corrected chi connectivity index (χ0v) is 11.4. The maximum absolute atomic E-state index is 6.25. The summed E-state index contributed by atoms with van der Waals surface area (Å²) in [6.07, 6.45) is 6.31. The zero-order chi connectivity index (χ0) is 11.5. The zero-order valence-electron chi connectivity index (χ0n) is 9.79. The molecule has 2 N–H and O–H groups in total. The van der Waals surface area contributed by atoms with Gasteiger partial charge in [-0.15, -0.1) is 11.3 Å². The number of hydrogen-bond acceptors (Lipinski definition) is 2. The van der Waals surface area contributed by atoms with Gasteiger partial charge in [-0.3, -0.25) is 0 Å². The van der Waals surface area contributed by atoms with Crippen LogP contribution >= 0.6 is 22.9 Å². The molecule has 1 fully saturated rings. The molecule has 1 aliphatic rings. The molecule has 0 saturated heterocycles. The Hall–Kier alpha value is -0.0500. The molecule has 1 saturated carbocycles. The molecular formula is C13H20ClNS. The van der Waals surface area contributed by atoms with Gasteiger partial charge in [0.15, 0.2) is 0 Å². The van der Waals surface area contributed by atoms with Crippen molar-refractivity contribution in [1.82, 2.24) is 0 Å². The molecule has 1 aromatic heterocycles. The Morgan fingerprint density at radius 1 is 1.50 bits per heavy atom. The molecule has 0 radical (unpaired) electrons. The molecule has 0 amide bonds. The van der Waals surface area contributed by atoms with Gasteiger partial charge < -0.3 is 5.73 Å². The molecule has 0 spiro atoms. The van der Waals surface area contributed by atoms with Gasteiger partial charge in [0.2, 0.25) is 0 Å². The largest absolute Gasteiger partial charge is 0.327 e. The lowest BCUT2D eigenvalue weighted by atomic mass is 9.76. The molecule has 1 aliphatic carbocycles. The molecule has 3 unspecified atom stereocenters. The number of halogens is 1. The molecule has 0 bridgehead atoms. The SMILES string of the molecule is CCCC1CCC(N)C(c2sccc2Cl)C1. The maximum Gasteiger partial charge on any atom is 0.0548 e. The minimum absolute atomic E-state index is 0.309. The first-order valence-corrected chi connectivity index (χ1v) is 7.46. The monoisotopic (exact) mass is 257 g/mol. The number of nitrogens with two attached hydrogens (primary N) is 1. The fourth-order valence-electron chi connectivity index (χ4n) is 2.82. The van der Waals surface area contributed by atoms with E-state index in [9.17, 15) is 0 Å². The number of hydrogen-bond donors (Lipinski definition) is 1. The van der Waals surface area contributed by atoms with E-state index in [1.54, 1.807) is 11.3 Å². The molecule has 1 nitrogen and oxygen atoms in total. The highest BCUT2D eigenvalue weighted by Crippen LogP contribution is 2.42. The third-order valence-corrected chi connectivity index (χ3v) is 5.18. The molecule has 16 heavy (non-hydrogen) atoms. The van der Waals surface area contributed by atoms with E-state index in [1.165, 1.54) is 30.6 Å². The Kier molecular flexibility index (Phi) is 4.28. The van der Waals surface area contributed by atoms with Crippen LogP contribution in [0.1, 0.15) is 49.8 Å². The summed E-state index contributed by atoms with van der Waals surface area (Å²) in [4.78, 5) is 1.31. The van der Waals surface area contributed by atoms with Crippen molar-refractivity contribution in [3.8, 4) is 0 Å². The van der Waals surface area contributed by atoms with Crippen molar-refractivity contribution in [3.63, 3.8) is 0 Å². The van der Waals surface area contributed by atoms with Gasteiger partial charge in [-0.05, 0) is 36.6 Å². The third-order valence-electron chi connectivity index (χ3n) is 3.69. The van der Waals surface area contributed by atoms with Gasteiger partial charge in [0.05, 0.1) is 5.02 Å². The summed E-state index contributed by atoms with van der Waals surface area (Å²) < 4.78 is 0. The Balaban J connectivity index is 2.10. The minimum Gasteiger partial charge on any atom is -0.327 e. The summed E-state index contributed by atoms with van der Waals surface area (Å²) in [6, 6.07) is 2.31. The first-order valence-electron chi connectivity index (χ1n) is 6.20. The molecule has 3 heteroatoms. The molecule has 0 aromatic carbocycles. The second-order valence-electron chi connectivity index (χ2n) is 4.87. The van der Waals surface area contributed by atoms with E-state index in [0.717, 1.165) is 17.4 Å². The van der Waals surface area contributed by atoms with Crippen LogP contribution in [0.4, 0.5) is 0 Å². The van der Waals surface area contributed by atoms with Crippen LogP contribution in [0.5, 0.6) is 0 Å². The van der Waals surface area contributed by atoms with Gasteiger partial charge in [0.1, 0.15) is 0 Å². The summed E-state index contributed by atoms with van der Waals surface area (Å²) in [5.41, 5.74) is 6.25.